The van der Waals surface area contributed by atoms with Crippen molar-refractivity contribution in [3.8, 4) is 0 Å². The second-order valence-corrected chi connectivity index (χ2v) is 8.04. The van der Waals surface area contributed by atoms with E-state index < -0.39 is 0 Å². The van der Waals surface area contributed by atoms with Gasteiger partial charge in [-0.2, -0.15) is 0 Å². The van der Waals surface area contributed by atoms with Gasteiger partial charge in [0.05, 0.1) is 6.54 Å². The van der Waals surface area contributed by atoms with E-state index in [9.17, 15) is 9.59 Å². The van der Waals surface area contributed by atoms with Crippen molar-refractivity contribution in [1.82, 2.24) is 14.4 Å². The maximum atomic E-state index is 13.2. The quantitative estimate of drug-likeness (QED) is 0.565. The standard InChI is InChI=1S/C23H33ClN4O2/c1-5-7-15-27(16-21-9-8-14-26(21)4)22(29)17-28(18(3)6-2)23(30)25-20-12-10-19(24)11-13-20/h8-14,18H,5-7,15-17H2,1-4H3,(H,25,30)/t18-/m0/s1. The highest BCUT2D eigenvalue weighted by molar-refractivity contribution is 6.30. The molecule has 1 atom stereocenters. The van der Waals surface area contributed by atoms with Gasteiger partial charge in [-0.15, -0.1) is 0 Å². The number of carbonyl (C=O) groups excluding carboxylic acids is 2. The van der Waals surface area contributed by atoms with Crippen molar-refractivity contribution in [3.63, 3.8) is 0 Å². The average molecular weight is 433 g/mol. The highest BCUT2D eigenvalue weighted by atomic mass is 35.5. The zero-order valence-electron chi connectivity index (χ0n) is 18.4. The summed E-state index contributed by atoms with van der Waals surface area (Å²) in [5.41, 5.74) is 1.72. The molecule has 3 amide bonds. The lowest BCUT2D eigenvalue weighted by molar-refractivity contribution is -0.133. The summed E-state index contributed by atoms with van der Waals surface area (Å²) in [5, 5.41) is 3.49. The lowest BCUT2D eigenvalue weighted by Crippen LogP contribution is -2.48. The van der Waals surface area contributed by atoms with E-state index in [0.29, 0.717) is 23.8 Å². The van der Waals surface area contributed by atoms with Crippen LogP contribution in [0.25, 0.3) is 0 Å². The van der Waals surface area contributed by atoms with E-state index in [0.717, 1.165) is 25.0 Å². The van der Waals surface area contributed by atoms with Gasteiger partial charge in [-0.1, -0.05) is 31.9 Å². The van der Waals surface area contributed by atoms with Crippen molar-refractivity contribution in [2.45, 2.75) is 52.6 Å². The highest BCUT2D eigenvalue weighted by Gasteiger charge is 2.25. The summed E-state index contributed by atoms with van der Waals surface area (Å²) < 4.78 is 2.02. The van der Waals surface area contributed by atoms with Crippen molar-refractivity contribution in [1.29, 1.82) is 0 Å². The summed E-state index contributed by atoms with van der Waals surface area (Å²) in [6, 6.07) is 10.6. The van der Waals surface area contributed by atoms with Gasteiger partial charge in [0.15, 0.2) is 0 Å². The van der Waals surface area contributed by atoms with Crippen molar-refractivity contribution >= 4 is 29.2 Å². The minimum absolute atomic E-state index is 0.0442. The average Bonchev–Trinajstić information content (AvgIpc) is 3.14. The fourth-order valence-electron chi connectivity index (χ4n) is 3.12. The Morgan fingerprint density at radius 1 is 1.17 bits per heavy atom. The summed E-state index contributed by atoms with van der Waals surface area (Å²) in [4.78, 5) is 29.6. The van der Waals surface area contributed by atoms with E-state index in [1.807, 2.05) is 48.7 Å². The third-order valence-electron chi connectivity index (χ3n) is 5.32. The van der Waals surface area contributed by atoms with Crippen LogP contribution in [0, 0.1) is 0 Å². The first-order chi connectivity index (χ1) is 14.3. The molecule has 1 aromatic heterocycles. The molecule has 1 heterocycles. The second-order valence-electron chi connectivity index (χ2n) is 7.60. The maximum absolute atomic E-state index is 13.2. The molecule has 0 aliphatic heterocycles. The van der Waals surface area contributed by atoms with Crippen molar-refractivity contribution in [3.05, 3.63) is 53.3 Å². The number of amides is 3. The Kier molecular flexibility index (Phi) is 9.24. The number of halogens is 1. The molecule has 0 fully saturated rings. The molecule has 2 aromatic rings. The molecule has 1 N–H and O–H groups in total. The summed E-state index contributed by atoms with van der Waals surface area (Å²) >= 11 is 5.92. The normalized spacial score (nSPS) is 11.8. The summed E-state index contributed by atoms with van der Waals surface area (Å²) in [7, 11) is 1.98. The Labute approximate surface area is 184 Å². The first-order valence-electron chi connectivity index (χ1n) is 10.6. The van der Waals surface area contributed by atoms with E-state index in [1.54, 1.807) is 29.2 Å². The Morgan fingerprint density at radius 2 is 1.87 bits per heavy atom. The Balaban J connectivity index is 2.12. The fourth-order valence-corrected chi connectivity index (χ4v) is 3.25. The van der Waals surface area contributed by atoms with Crippen molar-refractivity contribution in [2.75, 3.05) is 18.4 Å². The molecular weight excluding hydrogens is 400 g/mol. The largest absolute Gasteiger partial charge is 0.353 e. The van der Waals surface area contributed by atoms with E-state index in [2.05, 4.69) is 12.2 Å². The Morgan fingerprint density at radius 3 is 2.43 bits per heavy atom. The number of urea groups is 1. The number of unbranched alkanes of at least 4 members (excludes halogenated alkanes) is 1. The molecule has 0 spiro atoms. The maximum Gasteiger partial charge on any atom is 0.322 e. The number of hydrogen-bond acceptors (Lipinski definition) is 2. The predicted octanol–water partition coefficient (Wildman–Crippen LogP) is 5.14. The molecular formula is C23H33ClN4O2. The third kappa shape index (κ3) is 6.80. The van der Waals surface area contributed by atoms with Gasteiger partial charge < -0.3 is 19.7 Å². The van der Waals surface area contributed by atoms with E-state index in [4.69, 9.17) is 11.6 Å². The monoisotopic (exact) mass is 432 g/mol. The van der Waals surface area contributed by atoms with Gasteiger partial charge in [-0.25, -0.2) is 4.79 Å². The molecule has 0 saturated carbocycles. The number of nitrogens with one attached hydrogen (secondary N) is 1. The lowest BCUT2D eigenvalue weighted by atomic mass is 10.2. The summed E-state index contributed by atoms with van der Waals surface area (Å²) in [5.74, 6) is -0.0452. The number of carbonyl (C=O) groups is 2. The molecule has 2 rings (SSSR count). The number of aryl methyl sites for hydroxylation is 1. The van der Waals surface area contributed by atoms with Crippen LogP contribution >= 0.6 is 11.6 Å². The minimum Gasteiger partial charge on any atom is -0.353 e. The van der Waals surface area contributed by atoms with E-state index in [-0.39, 0.29) is 24.5 Å². The van der Waals surface area contributed by atoms with Crippen LogP contribution in [-0.4, -0.2) is 45.4 Å². The van der Waals surface area contributed by atoms with Gasteiger partial charge in [0.2, 0.25) is 5.91 Å². The molecule has 0 unspecified atom stereocenters. The molecule has 6 nitrogen and oxygen atoms in total. The van der Waals surface area contributed by atoms with Crippen LogP contribution in [-0.2, 0) is 18.4 Å². The minimum atomic E-state index is -0.283. The van der Waals surface area contributed by atoms with Crippen LogP contribution in [0.3, 0.4) is 0 Å². The zero-order valence-corrected chi connectivity index (χ0v) is 19.2. The number of nitrogens with zero attached hydrogens (tertiary/aromatic N) is 3. The number of benzene rings is 1. The lowest BCUT2D eigenvalue weighted by Gasteiger charge is -2.31. The fraction of sp³-hybridized carbons (Fsp3) is 0.478. The molecule has 164 valence electrons. The molecule has 7 heteroatoms. The van der Waals surface area contributed by atoms with Crippen LogP contribution < -0.4 is 5.32 Å². The van der Waals surface area contributed by atoms with Crippen LogP contribution in [0.1, 0.15) is 45.7 Å². The number of aromatic nitrogens is 1. The van der Waals surface area contributed by atoms with Crippen LogP contribution in [0.4, 0.5) is 10.5 Å². The van der Waals surface area contributed by atoms with Crippen LogP contribution in [0.5, 0.6) is 0 Å². The topological polar surface area (TPSA) is 57.6 Å². The first kappa shape index (κ1) is 23.8. The van der Waals surface area contributed by atoms with Gasteiger partial charge >= 0.3 is 6.03 Å². The predicted molar refractivity (Wildman–Crippen MR) is 123 cm³/mol. The summed E-state index contributed by atoms with van der Waals surface area (Å²) in [6.45, 7) is 7.33. The van der Waals surface area contributed by atoms with Gasteiger partial charge in [0.1, 0.15) is 6.54 Å². The van der Waals surface area contributed by atoms with Gasteiger partial charge in [-0.3, -0.25) is 4.79 Å². The first-order valence-corrected chi connectivity index (χ1v) is 10.9. The van der Waals surface area contributed by atoms with Crippen molar-refractivity contribution in [2.24, 2.45) is 7.05 Å². The van der Waals surface area contributed by atoms with E-state index in [1.165, 1.54) is 0 Å². The van der Waals surface area contributed by atoms with Crippen LogP contribution in [0.2, 0.25) is 5.02 Å². The number of rotatable bonds is 10. The molecule has 0 aliphatic carbocycles. The SMILES string of the molecule is CCCCN(Cc1cccn1C)C(=O)CN(C(=O)Nc1ccc(Cl)cc1)[C@@H](C)CC. The molecule has 0 saturated heterocycles. The molecule has 0 bridgehead atoms. The van der Waals surface area contributed by atoms with Gasteiger partial charge in [0.25, 0.3) is 0 Å². The van der Waals surface area contributed by atoms with Gasteiger partial charge in [0, 0.05) is 42.2 Å². The third-order valence-corrected chi connectivity index (χ3v) is 5.58. The molecule has 0 aliphatic rings. The van der Waals surface area contributed by atoms with E-state index >= 15 is 0 Å². The van der Waals surface area contributed by atoms with Crippen molar-refractivity contribution < 1.29 is 9.59 Å². The summed E-state index contributed by atoms with van der Waals surface area (Å²) in [6.07, 6.45) is 4.66. The molecule has 1 aromatic carbocycles. The zero-order chi connectivity index (χ0) is 22.1. The molecule has 0 radical (unpaired) electrons. The van der Waals surface area contributed by atoms with Gasteiger partial charge in [-0.05, 0) is 56.2 Å². The van der Waals surface area contributed by atoms with Crippen LogP contribution in [0.15, 0.2) is 42.6 Å². The Hall–Kier alpha value is -2.47. The smallest absolute Gasteiger partial charge is 0.322 e. The number of anilines is 1. The molecule has 30 heavy (non-hydrogen) atoms. The number of hydrogen-bond donors (Lipinski definition) is 1. The highest BCUT2D eigenvalue weighted by Crippen LogP contribution is 2.16. The Bertz CT molecular complexity index is 819. The second kappa shape index (κ2) is 11.6.